The molecule has 3 aromatic heterocycles. The van der Waals surface area contributed by atoms with Crippen molar-refractivity contribution in [2.75, 3.05) is 13.2 Å². The lowest BCUT2D eigenvalue weighted by Gasteiger charge is -2.25. The van der Waals surface area contributed by atoms with Gasteiger partial charge >= 0.3 is 5.97 Å². The van der Waals surface area contributed by atoms with Crippen LogP contribution < -0.4 is 9.47 Å². The Labute approximate surface area is 296 Å². The van der Waals surface area contributed by atoms with E-state index in [1.54, 1.807) is 0 Å². The molecule has 0 atom stereocenters. The van der Waals surface area contributed by atoms with Gasteiger partial charge in [0.25, 0.3) is 0 Å². The van der Waals surface area contributed by atoms with Crippen LogP contribution in [-0.4, -0.2) is 38.5 Å². The summed E-state index contributed by atoms with van der Waals surface area (Å²) in [5.74, 6) is 1.19. The van der Waals surface area contributed by atoms with E-state index in [0.717, 1.165) is 49.6 Å². The number of carbonyl (C=O) groups excluding carboxylic acids is 1. The number of hydrogen-bond donors (Lipinski definition) is 0. The van der Waals surface area contributed by atoms with Crippen molar-refractivity contribution in [1.29, 1.82) is 0 Å². The molecule has 4 rings (SSSR count). The molecule has 3 heterocycles. The Balaban J connectivity index is 1.77. The van der Waals surface area contributed by atoms with E-state index in [1.807, 2.05) is 102 Å². The third-order valence-corrected chi connectivity index (χ3v) is 8.98. The first kappa shape index (κ1) is 37.5. The zero-order valence-corrected chi connectivity index (χ0v) is 31.3. The van der Waals surface area contributed by atoms with Crippen molar-refractivity contribution in [3.8, 4) is 11.6 Å². The summed E-state index contributed by atoms with van der Waals surface area (Å²) in [6.07, 6.45) is 14.7. The summed E-state index contributed by atoms with van der Waals surface area (Å²) >= 11 is 1.82. The molecule has 49 heavy (non-hydrogen) atoms. The van der Waals surface area contributed by atoms with Crippen LogP contribution in [0.25, 0.3) is 16.5 Å². The van der Waals surface area contributed by atoms with Crippen LogP contribution in [0.1, 0.15) is 77.9 Å². The fourth-order valence-corrected chi connectivity index (χ4v) is 6.54. The molecule has 0 N–H and O–H groups in total. The number of fused-ring (bicyclic) bond motifs is 1. The molecule has 1 aromatic carbocycles. The van der Waals surface area contributed by atoms with Crippen molar-refractivity contribution in [2.24, 2.45) is 5.41 Å². The first-order chi connectivity index (χ1) is 23.3. The molecule has 0 saturated carbocycles. The quantitative estimate of drug-likeness (QED) is 0.0702. The Morgan fingerprint density at radius 3 is 2.39 bits per heavy atom. The number of pyridine rings is 2. The molecule has 0 unspecified atom stereocenters. The monoisotopic (exact) mass is 681 g/mol. The average Bonchev–Trinajstić information content (AvgIpc) is 3.32. The minimum Gasteiger partial charge on any atom is -0.487 e. The molecule has 0 radical (unpaired) electrons. The lowest BCUT2D eigenvalue weighted by Crippen LogP contribution is -2.30. The molecule has 0 spiro atoms. The van der Waals surface area contributed by atoms with Crippen LogP contribution in [0.5, 0.6) is 11.6 Å². The Bertz CT molecular complexity index is 1790. The third kappa shape index (κ3) is 10.3. The highest BCUT2D eigenvalue weighted by Crippen LogP contribution is 2.44. The number of nitrogens with zero attached hydrogens (tertiary/aromatic N) is 3. The Morgan fingerprint density at radius 1 is 0.959 bits per heavy atom. The summed E-state index contributed by atoms with van der Waals surface area (Å²) in [6, 6.07) is 14.2. The minimum atomic E-state index is -0.727. The third-order valence-electron chi connectivity index (χ3n) is 7.70. The van der Waals surface area contributed by atoms with Crippen molar-refractivity contribution in [3.63, 3.8) is 0 Å². The molecule has 0 fully saturated rings. The van der Waals surface area contributed by atoms with E-state index in [9.17, 15) is 4.79 Å². The number of hydrogen-bond acceptors (Lipinski definition) is 7. The second-order valence-corrected chi connectivity index (χ2v) is 15.4. The Morgan fingerprint density at radius 2 is 1.76 bits per heavy atom. The SMILES string of the molecule is C\C=C/C(=C\C=C\Cn1c(CC(C)(C)C(=O)OCC)c(SC(C)(C)C)c2cc(OCc3ccc(C)cn3)ccc21)c1ccc(OCC)nc1. The van der Waals surface area contributed by atoms with E-state index >= 15 is 0 Å². The molecule has 0 bridgehead atoms. The second kappa shape index (κ2) is 16.9. The maximum Gasteiger partial charge on any atom is 0.311 e. The van der Waals surface area contributed by atoms with E-state index in [0.29, 0.717) is 38.7 Å². The predicted molar refractivity (Wildman–Crippen MR) is 202 cm³/mol. The number of benzene rings is 1. The van der Waals surface area contributed by atoms with Gasteiger partial charge in [-0.1, -0.05) is 57.2 Å². The van der Waals surface area contributed by atoms with E-state index < -0.39 is 5.41 Å². The zero-order chi connectivity index (χ0) is 35.6. The van der Waals surface area contributed by atoms with Gasteiger partial charge in [-0.2, -0.15) is 0 Å². The second-order valence-electron chi connectivity index (χ2n) is 13.5. The maximum atomic E-state index is 13.2. The van der Waals surface area contributed by atoms with Crippen LogP contribution in [0.3, 0.4) is 0 Å². The highest BCUT2D eigenvalue weighted by molar-refractivity contribution is 8.00. The highest BCUT2D eigenvalue weighted by atomic mass is 32.2. The first-order valence-corrected chi connectivity index (χ1v) is 17.8. The van der Waals surface area contributed by atoms with Crippen molar-refractivity contribution < 1.29 is 19.0 Å². The molecule has 0 aliphatic rings. The topological polar surface area (TPSA) is 75.5 Å². The number of thioether (sulfide) groups is 1. The maximum absolute atomic E-state index is 13.2. The van der Waals surface area contributed by atoms with Gasteiger partial charge < -0.3 is 18.8 Å². The molecule has 0 aliphatic carbocycles. The van der Waals surface area contributed by atoms with Crippen LogP contribution >= 0.6 is 11.8 Å². The van der Waals surface area contributed by atoms with Crippen LogP contribution in [0.2, 0.25) is 0 Å². The normalized spacial score (nSPS) is 12.7. The zero-order valence-electron chi connectivity index (χ0n) is 30.5. The van der Waals surface area contributed by atoms with Gasteiger partial charge in [-0.05, 0) is 83.0 Å². The Hall–Kier alpha value is -4.30. The first-order valence-electron chi connectivity index (χ1n) is 17.0. The van der Waals surface area contributed by atoms with Gasteiger partial charge in [0.2, 0.25) is 5.88 Å². The molecule has 0 aliphatic heterocycles. The summed E-state index contributed by atoms with van der Waals surface area (Å²) in [5.41, 5.74) is 5.50. The number of ether oxygens (including phenoxy) is 3. The minimum absolute atomic E-state index is 0.0731. The summed E-state index contributed by atoms with van der Waals surface area (Å²) < 4.78 is 19.6. The lowest BCUT2D eigenvalue weighted by atomic mass is 9.87. The number of carbonyl (C=O) groups is 1. The van der Waals surface area contributed by atoms with Crippen molar-refractivity contribution in [1.82, 2.24) is 14.5 Å². The fraction of sp³-hybridized carbons (Fsp3) is 0.390. The molecule has 8 heteroatoms. The van der Waals surface area contributed by atoms with Gasteiger partial charge in [0.05, 0.1) is 24.3 Å². The average molecular weight is 682 g/mol. The number of aryl methyl sites for hydroxylation is 1. The van der Waals surface area contributed by atoms with Crippen molar-refractivity contribution >= 4 is 34.2 Å². The number of esters is 1. The lowest BCUT2D eigenvalue weighted by molar-refractivity contribution is -0.153. The molecule has 260 valence electrons. The van der Waals surface area contributed by atoms with E-state index in [-0.39, 0.29) is 10.7 Å². The van der Waals surface area contributed by atoms with E-state index in [2.05, 4.69) is 71.7 Å². The molecule has 7 nitrogen and oxygen atoms in total. The van der Waals surface area contributed by atoms with Crippen molar-refractivity contribution in [3.05, 3.63) is 108 Å². The molecular weight excluding hydrogens is 631 g/mol. The van der Waals surface area contributed by atoms with Gasteiger partial charge in [-0.15, -0.1) is 11.8 Å². The summed E-state index contributed by atoms with van der Waals surface area (Å²) in [5, 5.41) is 1.10. The number of allylic oxidation sites excluding steroid dienone is 6. The largest absolute Gasteiger partial charge is 0.487 e. The number of rotatable bonds is 15. The van der Waals surface area contributed by atoms with Gasteiger partial charge in [-0.25, -0.2) is 4.98 Å². The van der Waals surface area contributed by atoms with Gasteiger partial charge in [0.15, 0.2) is 0 Å². The predicted octanol–water partition coefficient (Wildman–Crippen LogP) is 9.96. The van der Waals surface area contributed by atoms with Gasteiger partial charge in [0.1, 0.15) is 12.4 Å². The standard InChI is InChI=1S/C41H51N3O4S/c1-10-15-30(31-18-22-37(43-27-31)46-11-2)16-13-14-23-44-35-21-20-33(48-28-32-19-17-29(4)26-42-32)24-34(35)38(49-40(5,6)7)36(44)25-41(8,9)39(45)47-12-3/h10,13-22,24,26-27H,11-12,23,25,28H2,1-9H3/b14-13+,15-10-,30-16+. The van der Waals surface area contributed by atoms with E-state index in [4.69, 9.17) is 14.2 Å². The van der Waals surface area contributed by atoms with Crippen molar-refractivity contribution in [2.45, 2.75) is 91.5 Å². The Kier molecular flexibility index (Phi) is 12.9. The number of aromatic nitrogens is 3. The smallest absolute Gasteiger partial charge is 0.311 e. The highest BCUT2D eigenvalue weighted by Gasteiger charge is 2.34. The molecule has 0 amide bonds. The fourth-order valence-electron chi connectivity index (χ4n) is 5.36. The van der Waals surface area contributed by atoms with Crippen LogP contribution in [0, 0.1) is 12.3 Å². The molecular formula is C41H51N3O4S. The molecule has 4 aromatic rings. The summed E-state index contributed by atoms with van der Waals surface area (Å²) in [6.45, 7) is 20.3. The summed E-state index contributed by atoms with van der Waals surface area (Å²) in [4.78, 5) is 23.3. The van der Waals surface area contributed by atoms with Crippen LogP contribution in [0.4, 0.5) is 0 Å². The van der Waals surface area contributed by atoms with Crippen LogP contribution in [0.15, 0.2) is 90.1 Å². The summed E-state index contributed by atoms with van der Waals surface area (Å²) in [7, 11) is 0. The molecule has 0 saturated heterocycles. The van der Waals surface area contributed by atoms with E-state index in [1.165, 1.54) is 0 Å². The van der Waals surface area contributed by atoms with Crippen LogP contribution in [-0.2, 0) is 29.1 Å². The van der Waals surface area contributed by atoms with Gasteiger partial charge in [0, 0.05) is 63.2 Å². The van der Waals surface area contributed by atoms with Gasteiger partial charge in [-0.3, -0.25) is 9.78 Å².